The maximum Gasteiger partial charge on any atom is 0.326 e. The summed E-state index contributed by atoms with van der Waals surface area (Å²) >= 11 is 1.84. The van der Waals surface area contributed by atoms with Gasteiger partial charge in [0.1, 0.15) is 6.04 Å². The maximum absolute atomic E-state index is 12.0. The van der Waals surface area contributed by atoms with Gasteiger partial charge in [0.15, 0.2) is 0 Å². The summed E-state index contributed by atoms with van der Waals surface area (Å²) in [7, 11) is 0. The fraction of sp³-hybridized carbons (Fsp3) is 0.833. The van der Waals surface area contributed by atoms with Crippen LogP contribution in [0, 0.1) is 5.92 Å². The normalized spacial score (nSPS) is 20.6. The number of carboxylic acid groups (broad SMARTS) is 1. The van der Waals surface area contributed by atoms with Gasteiger partial charge in [-0.25, -0.2) is 9.59 Å². The quantitative estimate of drug-likeness (QED) is 0.820. The van der Waals surface area contributed by atoms with E-state index in [4.69, 9.17) is 5.11 Å². The van der Waals surface area contributed by atoms with Crippen molar-refractivity contribution in [2.75, 3.05) is 18.8 Å². The Bertz CT molecular complexity index is 331. The lowest BCUT2D eigenvalue weighted by Crippen LogP contribution is -2.54. The molecule has 0 unspecified atom stereocenters. The summed E-state index contributed by atoms with van der Waals surface area (Å²) in [5, 5.41) is 11.7. The minimum Gasteiger partial charge on any atom is -0.480 e. The van der Waals surface area contributed by atoms with Crippen LogP contribution in [0.15, 0.2) is 0 Å². The summed E-state index contributed by atoms with van der Waals surface area (Å²) in [6.45, 7) is 9.07. The molecule has 2 N–H and O–H groups in total. The van der Waals surface area contributed by atoms with Crippen molar-refractivity contribution in [3.05, 3.63) is 0 Å². The van der Waals surface area contributed by atoms with Crippen LogP contribution in [0.5, 0.6) is 0 Å². The first-order chi connectivity index (χ1) is 8.23. The lowest BCUT2D eigenvalue weighted by molar-refractivity contribution is -0.140. The molecule has 0 saturated carbocycles. The maximum atomic E-state index is 12.0. The second-order valence-corrected chi connectivity index (χ2v) is 7.34. The first-order valence-electron chi connectivity index (χ1n) is 6.15. The summed E-state index contributed by atoms with van der Waals surface area (Å²) in [6, 6.07) is -1.10. The van der Waals surface area contributed by atoms with E-state index in [2.05, 4.69) is 19.2 Å². The summed E-state index contributed by atoms with van der Waals surface area (Å²) in [5.41, 5.74) is 0. The standard InChI is InChI=1S/C12H22N2O3S/c1-8(2)9(10(15)16)13-11(17)14-5-6-18-12(3,4)7-14/h8-9H,5-7H2,1-4H3,(H,13,17)(H,15,16)/t9-/m0/s1. The Labute approximate surface area is 112 Å². The third-order valence-electron chi connectivity index (χ3n) is 2.92. The SMILES string of the molecule is CC(C)[C@H](NC(=O)N1CCSC(C)(C)C1)C(=O)O. The Kier molecular flexibility index (Phi) is 4.90. The first-order valence-corrected chi connectivity index (χ1v) is 7.14. The van der Waals surface area contributed by atoms with E-state index in [-0.39, 0.29) is 16.7 Å². The molecular weight excluding hydrogens is 252 g/mol. The molecule has 1 aliphatic rings. The van der Waals surface area contributed by atoms with Gasteiger partial charge in [0.25, 0.3) is 0 Å². The van der Waals surface area contributed by atoms with Crippen LogP contribution < -0.4 is 5.32 Å². The highest BCUT2D eigenvalue weighted by Crippen LogP contribution is 2.29. The molecule has 1 atom stereocenters. The van der Waals surface area contributed by atoms with Gasteiger partial charge in [-0.2, -0.15) is 11.8 Å². The number of aliphatic carboxylic acids is 1. The highest BCUT2D eigenvalue weighted by atomic mass is 32.2. The summed E-state index contributed by atoms with van der Waals surface area (Å²) in [5.74, 6) is -0.220. The van der Waals surface area contributed by atoms with E-state index in [1.54, 1.807) is 18.7 Å². The molecule has 1 fully saturated rings. The molecule has 1 rings (SSSR count). The van der Waals surface area contributed by atoms with Gasteiger partial charge in [-0.3, -0.25) is 0 Å². The number of thioether (sulfide) groups is 1. The highest BCUT2D eigenvalue weighted by molar-refractivity contribution is 8.00. The third-order valence-corrected chi connectivity index (χ3v) is 4.22. The minimum absolute atomic E-state index is 0.0339. The molecule has 0 aliphatic carbocycles. The van der Waals surface area contributed by atoms with Crippen LogP contribution in [0.4, 0.5) is 4.79 Å². The summed E-state index contributed by atoms with van der Waals surface area (Å²) < 4.78 is 0.0339. The molecule has 0 aromatic carbocycles. The lowest BCUT2D eigenvalue weighted by Gasteiger charge is -2.38. The Hall–Kier alpha value is -0.910. The number of urea groups is 1. The summed E-state index contributed by atoms with van der Waals surface area (Å²) in [6.07, 6.45) is 0. The Morgan fingerprint density at radius 1 is 1.39 bits per heavy atom. The van der Waals surface area contributed by atoms with Gasteiger partial charge in [-0.05, 0) is 19.8 Å². The topological polar surface area (TPSA) is 69.6 Å². The zero-order valence-corrected chi connectivity index (χ0v) is 12.2. The number of hydrogen-bond acceptors (Lipinski definition) is 3. The van der Waals surface area contributed by atoms with Crippen molar-refractivity contribution in [1.82, 2.24) is 10.2 Å². The van der Waals surface area contributed by atoms with Crippen LogP contribution in [-0.2, 0) is 4.79 Å². The molecular formula is C12H22N2O3S. The zero-order chi connectivity index (χ0) is 13.9. The number of nitrogens with one attached hydrogen (secondary N) is 1. The molecule has 1 heterocycles. The van der Waals surface area contributed by atoms with E-state index in [9.17, 15) is 9.59 Å². The van der Waals surface area contributed by atoms with Gasteiger partial charge in [0.2, 0.25) is 0 Å². The molecule has 0 bridgehead atoms. The van der Waals surface area contributed by atoms with Crippen LogP contribution in [0.3, 0.4) is 0 Å². The van der Waals surface area contributed by atoms with E-state index in [1.807, 2.05) is 11.8 Å². The van der Waals surface area contributed by atoms with Crippen molar-refractivity contribution >= 4 is 23.8 Å². The van der Waals surface area contributed by atoms with Crippen LogP contribution in [0.1, 0.15) is 27.7 Å². The zero-order valence-electron chi connectivity index (χ0n) is 11.4. The first kappa shape index (κ1) is 15.1. The van der Waals surface area contributed by atoms with Crippen LogP contribution >= 0.6 is 11.8 Å². The van der Waals surface area contributed by atoms with Crippen molar-refractivity contribution in [1.29, 1.82) is 0 Å². The number of rotatable bonds is 3. The Balaban J connectivity index is 2.61. The average Bonchev–Trinajstić information content (AvgIpc) is 2.23. The number of carbonyl (C=O) groups excluding carboxylic acids is 1. The van der Waals surface area contributed by atoms with E-state index in [0.717, 1.165) is 5.75 Å². The molecule has 6 heteroatoms. The monoisotopic (exact) mass is 274 g/mol. The number of nitrogens with zero attached hydrogens (tertiary/aromatic N) is 1. The number of carboxylic acids is 1. The molecule has 1 aliphatic heterocycles. The highest BCUT2D eigenvalue weighted by Gasteiger charge is 2.32. The fourth-order valence-corrected chi connectivity index (χ4v) is 3.04. The van der Waals surface area contributed by atoms with Crippen molar-refractivity contribution < 1.29 is 14.7 Å². The van der Waals surface area contributed by atoms with Crippen molar-refractivity contribution in [2.45, 2.75) is 38.5 Å². The third kappa shape index (κ3) is 4.08. The van der Waals surface area contributed by atoms with Gasteiger partial charge in [0.05, 0.1) is 0 Å². The Morgan fingerprint density at radius 2 is 2.00 bits per heavy atom. The second-order valence-electron chi connectivity index (χ2n) is 5.54. The fourth-order valence-electron chi connectivity index (χ4n) is 1.93. The van der Waals surface area contributed by atoms with Gasteiger partial charge >= 0.3 is 12.0 Å². The van der Waals surface area contributed by atoms with E-state index >= 15 is 0 Å². The molecule has 2 amide bonds. The van der Waals surface area contributed by atoms with Gasteiger partial charge < -0.3 is 15.3 Å². The van der Waals surface area contributed by atoms with Crippen molar-refractivity contribution in [2.24, 2.45) is 5.92 Å². The molecule has 0 radical (unpaired) electrons. The second kappa shape index (κ2) is 5.82. The predicted molar refractivity (Wildman–Crippen MR) is 72.9 cm³/mol. The van der Waals surface area contributed by atoms with Crippen LogP contribution in [0.2, 0.25) is 0 Å². The average molecular weight is 274 g/mol. The van der Waals surface area contributed by atoms with E-state index in [0.29, 0.717) is 13.1 Å². The van der Waals surface area contributed by atoms with Gasteiger partial charge in [-0.15, -0.1) is 0 Å². The molecule has 18 heavy (non-hydrogen) atoms. The minimum atomic E-state index is -0.982. The molecule has 0 aromatic rings. The number of hydrogen-bond donors (Lipinski definition) is 2. The van der Waals surface area contributed by atoms with Crippen LogP contribution in [0.25, 0.3) is 0 Å². The number of carbonyl (C=O) groups is 2. The molecule has 104 valence electrons. The van der Waals surface area contributed by atoms with Gasteiger partial charge in [0, 0.05) is 23.6 Å². The van der Waals surface area contributed by atoms with Crippen LogP contribution in [-0.4, -0.2) is 51.6 Å². The lowest BCUT2D eigenvalue weighted by atomic mass is 10.1. The largest absolute Gasteiger partial charge is 0.480 e. The molecule has 0 spiro atoms. The predicted octanol–water partition coefficient (Wildman–Crippen LogP) is 1.63. The number of amides is 2. The smallest absolute Gasteiger partial charge is 0.326 e. The van der Waals surface area contributed by atoms with E-state index in [1.165, 1.54) is 0 Å². The van der Waals surface area contributed by atoms with Crippen molar-refractivity contribution in [3.8, 4) is 0 Å². The van der Waals surface area contributed by atoms with Crippen molar-refractivity contribution in [3.63, 3.8) is 0 Å². The summed E-state index contributed by atoms with van der Waals surface area (Å²) in [4.78, 5) is 24.8. The Morgan fingerprint density at radius 3 is 2.44 bits per heavy atom. The molecule has 1 saturated heterocycles. The molecule has 0 aromatic heterocycles. The van der Waals surface area contributed by atoms with Gasteiger partial charge in [-0.1, -0.05) is 13.8 Å². The van der Waals surface area contributed by atoms with E-state index < -0.39 is 12.0 Å². The molecule has 5 nitrogen and oxygen atoms in total.